The molecule has 2 aliphatic heterocycles. The number of rotatable bonds is 3. The second kappa shape index (κ2) is 6.12. The van der Waals surface area contributed by atoms with Crippen LogP contribution in [0.1, 0.15) is 31.2 Å². The highest BCUT2D eigenvalue weighted by atomic mass is 35.5. The van der Waals surface area contributed by atoms with Gasteiger partial charge in [0, 0.05) is 26.1 Å². The molecule has 3 aliphatic rings. The van der Waals surface area contributed by atoms with Crippen LogP contribution >= 0.6 is 11.6 Å². The molecule has 24 heavy (non-hydrogen) atoms. The predicted molar refractivity (Wildman–Crippen MR) is 89.7 cm³/mol. The molecule has 2 heterocycles. The molecular weight excluding hydrogens is 330 g/mol. The van der Waals surface area contributed by atoms with E-state index in [1.165, 1.54) is 0 Å². The predicted octanol–water partition coefficient (Wildman–Crippen LogP) is 3.19. The third kappa shape index (κ3) is 2.64. The lowest BCUT2D eigenvalue weighted by molar-refractivity contribution is -0.149. The molecule has 1 aromatic carbocycles. The summed E-state index contributed by atoms with van der Waals surface area (Å²) in [7, 11) is 0. The van der Waals surface area contributed by atoms with E-state index in [4.69, 9.17) is 21.1 Å². The van der Waals surface area contributed by atoms with E-state index in [-0.39, 0.29) is 5.92 Å². The summed E-state index contributed by atoms with van der Waals surface area (Å²) in [6.45, 7) is 3.40. The van der Waals surface area contributed by atoms with Crippen molar-refractivity contribution in [1.29, 1.82) is 0 Å². The van der Waals surface area contributed by atoms with Crippen LogP contribution in [0.5, 0.6) is 11.5 Å². The summed E-state index contributed by atoms with van der Waals surface area (Å²) in [5, 5.41) is 10.3. The normalized spacial score (nSPS) is 29.3. The van der Waals surface area contributed by atoms with Gasteiger partial charge in [0.25, 0.3) is 0 Å². The first-order valence-corrected chi connectivity index (χ1v) is 9.00. The number of nitrogens with zero attached hydrogens (tertiary/aromatic N) is 1. The summed E-state index contributed by atoms with van der Waals surface area (Å²) in [6.07, 6.45) is 3.69. The Morgan fingerprint density at radius 2 is 2.17 bits per heavy atom. The van der Waals surface area contributed by atoms with Gasteiger partial charge in [-0.15, -0.1) is 0 Å². The topological polar surface area (TPSA) is 59.0 Å². The van der Waals surface area contributed by atoms with Gasteiger partial charge in [-0.2, -0.15) is 0 Å². The van der Waals surface area contributed by atoms with Gasteiger partial charge in [0.1, 0.15) is 0 Å². The fraction of sp³-hybridized carbons (Fsp3) is 0.611. The van der Waals surface area contributed by atoms with Crippen molar-refractivity contribution in [2.45, 2.75) is 32.2 Å². The number of carboxylic acids is 1. The van der Waals surface area contributed by atoms with Crippen molar-refractivity contribution in [3.8, 4) is 11.5 Å². The Morgan fingerprint density at radius 1 is 1.33 bits per heavy atom. The molecule has 6 heteroatoms. The molecule has 0 amide bonds. The maximum atomic E-state index is 11.8. The van der Waals surface area contributed by atoms with Crippen LogP contribution < -0.4 is 9.47 Å². The zero-order valence-corrected chi connectivity index (χ0v) is 14.3. The number of fused-ring (bicyclic) bond motifs is 2. The highest BCUT2D eigenvalue weighted by Crippen LogP contribution is 2.49. The number of likely N-dealkylation sites (tertiary alicyclic amines) is 1. The Balaban J connectivity index is 1.53. The third-order valence-corrected chi connectivity index (χ3v) is 5.92. The van der Waals surface area contributed by atoms with Gasteiger partial charge >= 0.3 is 5.97 Å². The van der Waals surface area contributed by atoms with Gasteiger partial charge in [-0.05, 0) is 36.5 Å². The van der Waals surface area contributed by atoms with Crippen molar-refractivity contribution in [2.75, 3.05) is 26.3 Å². The first kappa shape index (κ1) is 16.0. The Hall–Kier alpha value is -1.46. The van der Waals surface area contributed by atoms with E-state index in [1.54, 1.807) is 0 Å². The van der Waals surface area contributed by atoms with Crippen LogP contribution in [0.2, 0.25) is 5.02 Å². The number of benzene rings is 1. The van der Waals surface area contributed by atoms with Crippen LogP contribution in [0.3, 0.4) is 0 Å². The molecular formula is C18H22ClNO4. The van der Waals surface area contributed by atoms with Crippen LogP contribution in [0.25, 0.3) is 0 Å². The van der Waals surface area contributed by atoms with E-state index in [1.807, 2.05) is 12.1 Å². The van der Waals surface area contributed by atoms with Gasteiger partial charge in [0.05, 0.1) is 23.7 Å². The van der Waals surface area contributed by atoms with Gasteiger partial charge in [0.2, 0.25) is 0 Å². The molecule has 1 aromatic rings. The number of carboxylic acid groups (broad SMARTS) is 1. The number of hydrogen-bond donors (Lipinski definition) is 1. The number of carbonyl (C=O) groups is 1. The molecule has 0 aromatic heterocycles. The molecule has 2 atom stereocenters. The maximum absolute atomic E-state index is 11.8. The van der Waals surface area contributed by atoms with E-state index < -0.39 is 11.4 Å². The van der Waals surface area contributed by atoms with Crippen LogP contribution in [0, 0.1) is 11.3 Å². The van der Waals surface area contributed by atoms with Crippen molar-refractivity contribution >= 4 is 17.6 Å². The maximum Gasteiger partial charge on any atom is 0.311 e. The summed E-state index contributed by atoms with van der Waals surface area (Å²) in [4.78, 5) is 14.0. The summed E-state index contributed by atoms with van der Waals surface area (Å²) < 4.78 is 11.4. The second-order valence-electron chi connectivity index (χ2n) is 7.18. The van der Waals surface area contributed by atoms with Crippen LogP contribution in [0.15, 0.2) is 12.1 Å². The lowest BCUT2D eigenvalue weighted by Gasteiger charge is -2.23. The van der Waals surface area contributed by atoms with Gasteiger partial charge in [-0.3, -0.25) is 9.69 Å². The summed E-state index contributed by atoms with van der Waals surface area (Å²) in [6, 6.07) is 3.89. The minimum Gasteiger partial charge on any atom is -0.489 e. The number of ether oxygens (including phenoxy) is 2. The first-order valence-electron chi connectivity index (χ1n) is 8.62. The van der Waals surface area contributed by atoms with Crippen LogP contribution in [0.4, 0.5) is 0 Å². The van der Waals surface area contributed by atoms with Crippen LogP contribution in [-0.2, 0) is 11.3 Å². The summed E-state index contributed by atoms with van der Waals surface area (Å²) in [5.41, 5.74) is 0.500. The average molecular weight is 352 g/mol. The average Bonchev–Trinajstić information content (AvgIpc) is 2.97. The first-order chi connectivity index (χ1) is 11.6. The van der Waals surface area contributed by atoms with Crippen LogP contribution in [-0.4, -0.2) is 42.3 Å². The van der Waals surface area contributed by atoms with Crippen molar-refractivity contribution < 1.29 is 19.4 Å². The largest absolute Gasteiger partial charge is 0.489 e. The molecule has 2 fully saturated rings. The Bertz CT molecular complexity index is 665. The van der Waals surface area contributed by atoms with Gasteiger partial charge in [-0.25, -0.2) is 0 Å². The number of halogens is 1. The summed E-state index contributed by atoms with van der Waals surface area (Å²) >= 11 is 6.36. The van der Waals surface area contributed by atoms with E-state index >= 15 is 0 Å². The Morgan fingerprint density at radius 3 is 2.96 bits per heavy atom. The number of hydrogen-bond acceptors (Lipinski definition) is 4. The molecule has 0 spiro atoms. The molecule has 0 bridgehead atoms. The highest BCUT2D eigenvalue weighted by molar-refractivity contribution is 6.32. The fourth-order valence-corrected chi connectivity index (χ4v) is 4.78. The van der Waals surface area contributed by atoms with Crippen molar-refractivity contribution in [1.82, 2.24) is 4.90 Å². The smallest absolute Gasteiger partial charge is 0.311 e. The lowest BCUT2D eigenvalue weighted by Crippen LogP contribution is -2.35. The highest BCUT2D eigenvalue weighted by Gasteiger charge is 2.54. The molecule has 0 unspecified atom stereocenters. The zero-order valence-electron chi connectivity index (χ0n) is 13.6. The molecule has 1 saturated carbocycles. The standard InChI is InChI=1S/C18H22ClNO4/c19-14-7-12(8-15-16(14)24-6-2-5-23-15)9-20-10-13-3-1-4-18(13,11-20)17(21)22/h7-8,13H,1-6,9-11H2,(H,21,22)/t13-,18+/m0/s1. The Labute approximate surface area is 146 Å². The van der Waals surface area contributed by atoms with E-state index in [9.17, 15) is 9.90 Å². The molecule has 1 aliphatic carbocycles. The quantitative estimate of drug-likeness (QED) is 0.906. The third-order valence-electron chi connectivity index (χ3n) is 5.64. The van der Waals surface area contributed by atoms with E-state index in [0.29, 0.717) is 42.8 Å². The van der Waals surface area contributed by atoms with Crippen molar-refractivity contribution in [3.05, 3.63) is 22.7 Å². The van der Waals surface area contributed by atoms with Gasteiger partial charge < -0.3 is 14.6 Å². The molecule has 4 rings (SSSR count). The van der Waals surface area contributed by atoms with Gasteiger partial charge in [0.15, 0.2) is 11.5 Å². The number of aliphatic carboxylic acids is 1. The Kier molecular flexibility index (Phi) is 4.09. The van der Waals surface area contributed by atoms with E-state index in [2.05, 4.69) is 4.90 Å². The zero-order chi connectivity index (χ0) is 16.7. The minimum atomic E-state index is -0.635. The summed E-state index contributed by atoms with van der Waals surface area (Å²) in [5.74, 6) is 0.954. The molecule has 1 N–H and O–H groups in total. The fourth-order valence-electron chi connectivity index (χ4n) is 4.50. The van der Waals surface area contributed by atoms with Crippen molar-refractivity contribution in [2.24, 2.45) is 11.3 Å². The van der Waals surface area contributed by atoms with Crippen molar-refractivity contribution in [3.63, 3.8) is 0 Å². The molecule has 0 radical (unpaired) electrons. The monoisotopic (exact) mass is 351 g/mol. The van der Waals surface area contributed by atoms with E-state index in [0.717, 1.165) is 37.8 Å². The molecule has 5 nitrogen and oxygen atoms in total. The lowest BCUT2D eigenvalue weighted by atomic mass is 9.81. The SMILES string of the molecule is O=C(O)[C@@]12CCC[C@H]1CN(Cc1cc(Cl)c3c(c1)OCCCO3)C2. The molecule has 1 saturated heterocycles. The second-order valence-corrected chi connectivity index (χ2v) is 7.58. The minimum absolute atomic E-state index is 0.269. The van der Waals surface area contributed by atoms with Gasteiger partial charge in [-0.1, -0.05) is 18.0 Å². The molecule has 130 valence electrons.